The van der Waals surface area contributed by atoms with Crippen LogP contribution in [0, 0.1) is 23.7 Å². The summed E-state index contributed by atoms with van der Waals surface area (Å²) in [6.07, 6.45) is 4.43. The Morgan fingerprint density at radius 2 is 2.06 bits per heavy atom. The van der Waals surface area contributed by atoms with Crippen LogP contribution in [0.2, 0.25) is 0 Å². The van der Waals surface area contributed by atoms with Gasteiger partial charge in [-0.2, -0.15) is 0 Å². The van der Waals surface area contributed by atoms with Crippen molar-refractivity contribution in [2.45, 2.75) is 19.3 Å². The third-order valence-corrected chi connectivity index (χ3v) is 4.86. The summed E-state index contributed by atoms with van der Waals surface area (Å²) in [7, 11) is 0. The van der Waals surface area contributed by atoms with E-state index in [1.807, 2.05) is 0 Å². The van der Waals surface area contributed by atoms with Crippen LogP contribution in [-0.4, -0.2) is 22.0 Å². The van der Waals surface area contributed by atoms with Crippen molar-refractivity contribution in [1.82, 2.24) is 4.98 Å². The van der Waals surface area contributed by atoms with Gasteiger partial charge in [0.1, 0.15) is 0 Å². The van der Waals surface area contributed by atoms with Gasteiger partial charge in [-0.05, 0) is 31.1 Å². The zero-order valence-corrected chi connectivity index (χ0v) is 10.5. The maximum atomic E-state index is 12.2. The second-order valence-electron chi connectivity index (χ2n) is 5.05. The molecule has 4 atom stereocenters. The van der Waals surface area contributed by atoms with E-state index in [0.717, 1.165) is 19.3 Å². The number of hydrogen-bond acceptors (Lipinski definition) is 4. The van der Waals surface area contributed by atoms with Crippen molar-refractivity contribution in [2.24, 2.45) is 23.7 Å². The number of fused-ring (bicyclic) bond motifs is 2. The van der Waals surface area contributed by atoms with E-state index >= 15 is 0 Å². The lowest BCUT2D eigenvalue weighted by molar-refractivity contribution is -0.148. The summed E-state index contributed by atoms with van der Waals surface area (Å²) in [5.41, 5.74) is 0. The molecule has 3 rings (SSSR count). The minimum Gasteiger partial charge on any atom is -0.481 e. The molecule has 1 heterocycles. The van der Waals surface area contributed by atoms with Crippen molar-refractivity contribution in [3.8, 4) is 0 Å². The predicted molar refractivity (Wildman–Crippen MR) is 66.2 cm³/mol. The molecule has 6 heteroatoms. The maximum Gasteiger partial charge on any atom is 0.307 e. The molecule has 0 spiro atoms. The van der Waals surface area contributed by atoms with Crippen LogP contribution in [0.15, 0.2) is 11.6 Å². The van der Waals surface area contributed by atoms with Crippen LogP contribution in [0.4, 0.5) is 5.13 Å². The van der Waals surface area contributed by atoms with Gasteiger partial charge in [0.15, 0.2) is 5.13 Å². The zero-order chi connectivity index (χ0) is 12.7. The van der Waals surface area contributed by atoms with Crippen LogP contribution < -0.4 is 5.32 Å². The average molecular weight is 266 g/mol. The van der Waals surface area contributed by atoms with Gasteiger partial charge in [-0.3, -0.25) is 9.59 Å². The van der Waals surface area contributed by atoms with Crippen molar-refractivity contribution in [3.63, 3.8) is 0 Å². The first-order valence-corrected chi connectivity index (χ1v) is 6.98. The molecular weight excluding hydrogens is 252 g/mol. The number of anilines is 1. The highest BCUT2D eigenvalue weighted by atomic mass is 32.1. The molecule has 1 amide bonds. The zero-order valence-electron chi connectivity index (χ0n) is 9.70. The van der Waals surface area contributed by atoms with Gasteiger partial charge in [0.25, 0.3) is 0 Å². The largest absolute Gasteiger partial charge is 0.481 e. The van der Waals surface area contributed by atoms with E-state index in [4.69, 9.17) is 0 Å². The van der Waals surface area contributed by atoms with Crippen molar-refractivity contribution in [3.05, 3.63) is 11.6 Å². The normalized spacial score (nSPS) is 33.6. The summed E-state index contributed by atoms with van der Waals surface area (Å²) in [5.74, 6) is -1.49. The molecule has 5 nitrogen and oxygen atoms in total. The van der Waals surface area contributed by atoms with Gasteiger partial charge >= 0.3 is 5.97 Å². The molecule has 0 aliphatic heterocycles. The first-order chi connectivity index (χ1) is 8.66. The van der Waals surface area contributed by atoms with E-state index in [-0.39, 0.29) is 23.7 Å². The van der Waals surface area contributed by atoms with Crippen LogP contribution >= 0.6 is 11.3 Å². The minimum atomic E-state index is -0.832. The smallest absolute Gasteiger partial charge is 0.307 e. The van der Waals surface area contributed by atoms with Crippen LogP contribution in [0.1, 0.15) is 19.3 Å². The van der Waals surface area contributed by atoms with Crippen LogP contribution in [0.5, 0.6) is 0 Å². The van der Waals surface area contributed by atoms with Crippen molar-refractivity contribution >= 4 is 28.3 Å². The summed E-state index contributed by atoms with van der Waals surface area (Å²) in [6, 6.07) is 0. The second kappa shape index (κ2) is 4.35. The number of amides is 1. The minimum absolute atomic E-state index is 0.176. The molecule has 2 aliphatic carbocycles. The van der Waals surface area contributed by atoms with Gasteiger partial charge in [0.05, 0.1) is 11.8 Å². The molecule has 2 fully saturated rings. The third kappa shape index (κ3) is 1.80. The monoisotopic (exact) mass is 266 g/mol. The maximum absolute atomic E-state index is 12.2. The number of carbonyl (C=O) groups excluding carboxylic acids is 1. The summed E-state index contributed by atoms with van der Waals surface area (Å²) in [4.78, 5) is 27.5. The van der Waals surface area contributed by atoms with E-state index < -0.39 is 11.9 Å². The van der Waals surface area contributed by atoms with Crippen molar-refractivity contribution < 1.29 is 14.7 Å². The summed E-state index contributed by atoms with van der Waals surface area (Å²) in [6.45, 7) is 0. The Kier molecular flexibility index (Phi) is 2.81. The molecule has 1 aromatic heterocycles. The topological polar surface area (TPSA) is 79.3 Å². The van der Waals surface area contributed by atoms with E-state index in [1.54, 1.807) is 11.6 Å². The van der Waals surface area contributed by atoms with Crippen molar-refractivity contribution in [2.75, 3.05) is 5.32 Å². The molecule has 0 aromatic carbocycles. The Balaban J connectivity index is 1.78. The molecule has 18 heavy (non-hydrogen) atoms. The number of nitrogens with zero attached hydrogens (tertiary/aromatic N) is 1. The van der Waals surface area contributed by atoms with Crippen LogP contribution in [0.25, 0.3) is 0 Å². The molecule has 0 unspecified atom stereocenters. The number of carboxylic acids is 1. The number of thiazole rings is 1. The standard InChI is InChI=1S/C12H14N2O3S/c15-10(14-12-13-3-4-18-12)8-6-1-2-7(5-6)9(8)11(16)17/h3-4,6-9H,1-2,5H2,(H,16,17)(H,13,14,15)/t6-,7-,8+,9-/m0/s1. The highest BCUT2D eigenvalue weighted by molar-refractivity contribution is 7.13. The number of aliphatic carboxylic acids is 1. The highest BCUT2D eigenvalue weighted by Crippen LogP contribution is 2.52. The molecule has 1 aromatic rings. The first-order valence-electron chi connectivity index (χ1n) is 6.10. The van der Waals surface area contributed by atoms with Gasteiger partial charge in [-0.25, -0.2) is 4.98 Å². The number of aromatic nitrogens is 1. The summed E-state index contributed by atoms with van der Waals surface area (Å²) in [5, 5.41) is 14.4. The number of nitrogens with one attached hydrogen (secondary N) is 1. The van der Waals surface area contributed by atoms with E-state index in [0.29, 0.717) is 5.13 Å². The Bertz CT molecular complexity index is 474. The fourth-order valence-corrected chi connectivity index (χ4v) is 4.03. The van der Waals surface area contributed by atoms with Gasteiger partial charge in [-0.15, -0.1) is 11.3 Å². The van der Waals surface area contributed by atoms with E-state index in [1.165, 1.54) is 11.3 Å². The lowest BCUT2D eigenvalue weighted by atomic mass is 9.79. The Hall–Kier alpha value is -1.43. The number of carbonyl (C=O) groups is 2. The quantitative estimate of drug-likeness (QED) is 0.874. The average Bonchev–Trinajstić information content (AvgIpc) is 3.03. The molecule has 2 saturated carbocycles. The number of hydrogen-bond donors (Lipinski definition) is 2. The molecule has 2 aliphatic rings. The fourth-order valence-electron chi connectivity index (χ4n) is 3.50. The first kappa shape index (κ1) is 11.6. The highest BCUT2D eigenvalue weighted by Gasteiger charge is 2.54. The van der Waals surface area contributed by atoms with Crippen molar-refractivity contribution in [1.29, 1.82) is 0 Å². The van der Waals surface area contributed by atoms with Gasteiger partial charge in [0.2, 0.25) is 5.91 Å². The Labute approximate surface area is 108 Å². The molecule has 2 N–H and O–H groups in total. The lowest BCUT2D eigenvalue weighted by Gasteiger charge is -2.26. The Morgan fingerprint density at radius 1 is 1.33 bits per heavy atom. The molecule has 0 radical (unpaired) electrons. The lowest BCUT2D eigenvalue weighted by Crippen LogP contribution is -2.37. The van der Waals surface area contributed by atoms with E-state index in [9.17, 15) is 14.7 Å². The number of rotatable bonds is 3. The molecule has 96 valence electrons. The molecule has 0 saturated heterocycles. The van der Waals surface area contributed by atoms with Gasteiger partial charge < -0.3 is 10.4 Å². The summed E-state index contributed by atoms with van der Waals surface area (Å²) < 4.78 is 0. The van der Waals surface area contributed by atoms with Crippen LogP contribution in [0.3, 0.4) is 0 Å². The molecule has 2 bridgehead atoms. The van der Waals surface area contributed by atoms with Gasteiger partial charge in [0, 0.05) is 11.6 Å². The predicted octanol–water partition coefficient (Wildman–Crippen LogP) is 1.83. The second-order valence-corrected chi connectivity index (χ2v) is 5.94. The SMILES string of the molecule is O=C(Nc1nccs1)[C@@H]1[C@H]2CC[C@@H](C2)[C@@H]1C(=O)O. The molecular formula is C12H14N2O3S. The Morgan fingerprint density at radius 3 is 2.67 bits per heavy atom. The fraction of sp³-hybridized carbons (Fsp3) is 0.583. The van der Waals surface area contributed by atoms with Gasteiger partial charge in [-0.1, -0.05) is 0 Å². The van der Waals surface area contributed by atoms with Crippen LogP contribution in [-0.2, 0) is 9.59 Å². The number of carboxylic acid groups (broad SMARTS) is 1. The third-order valence-electron chi connectivity index (χ3n) is 4.17. The summed E-state index contributed by atoms with van der Waals surface area (Å²) >= 11 is 1.35. The van der Waals surface area contributed by atoms with E-state index in [2.05, 4.69) is 10.3 Å².